The first-order valence-electron chi connectivity index (χ1n) is 8.28. The lowest BCUT2D eigenvalue weighted by Crippen LogP contribution is -2.41. The first kappa shape index (κ1) is 16.1. The van der Waals surface area contributed by atoms with Gasteiger partial charge in [-0.2, -0.15) is 0 Å². The third kappa shape index (κ3) is 3.31. The topological polar surface area (TPSA) is 0 Å². The molecule has 1 aromatic rings. The summed E-state index contributed by atoms with van der Waals surface area (Å²) in [4.78, 5) is 0. The quantitative estimate of drug-likeness (QED) is 0.571. The summed E-state index contributed by atoms with van der Waals surface area (Å²) in [6.45, 7) is 11.6. The van der Waals surface area contributed by atoms with Crippen LogP contribution in [-0.2, 0) is 5.41 Å². The van der Waals surface area contributed by atoms with Gasteiger partial charge in [-0.25, -0.2) is 0 Å². The van der Waals surface area contributed by atoms with Gasteiger partial charge >= 0.3 is 0 Å². The molecule has 0 spiro atoms. The maximum atomic E-state index is 2.43. The van der Waals surface area contributed by atoms with Crippen LogP contribution in [-0.4, -0.2) is 0 Å². The summed E-state index contributed by atoms with van der Waals surface area (Å²) in [7, 11) is 0. The van der Waals surface area contributed by atoms with Crippen molar-refractivity contribution >= 4 is 0 Å². The van der Waals surface area contributed by atoms with Gasteiger partial charge in [0.1, 0.15) is 0 Å². The Morgan fingerprint density at radius 1 is 1.10 bits per heavy atom. The number of rotatable bonds is 3. The molecule has 0 heteroatoms. The molecule has 21 heavy (non-hydrogen) atoms. The van der Waals surface area contributed by atoms with Gasteiger partial charge in [-0.3, -0.25) is 0 Å². The Morgan fingerprint density at radius 2 is 1.76 bits per heavy atom. The highest BCUT2D eigenvalue weighted by molar-refractivity contribution is 5.43. The Hall–Kier alpha value is -1.30. The zero-order chi connectivity index (χ0) is 15.5. The third-order valence-electron chi connectivity index (χ3n) is 4.91. The largest absolute Gasteiger partial charge is 0.0874 e. The van der Waals surface area contributed by atoms with Gasteiger partial charge in [0, 0.05) is 5.41 Å². The van der Waals surface area contributed by atoms with Gasteiger partial charge in [0.05, 0.1) is 0 Å². The molecule has 0 aromatic heterocycles. The third-order valence-corrected chi connectivity index (χ3v) is 4.91. The van der Waals surface area contributed by atoms with Crippen molar-refractivity contribution in [2.45, 2.75) is 59.3 Å². The summed E-state index contributed by atoms with van der Waals surface area (Å²) in [6.07, 6.45) is 10.6. The minimum atomic E-state index is 0.170. The number of hydrogen-bond donors (Lipinski definition) is 0. The van der Waals surface area contributed by atoms with Crippen LogP contribution in [0.4, 0.5) is 0 Å². The van der Waals surface area contributed by atoms with Gasteiger partial charge in [-0.1, -0.05) is 69.3 Å². The normalized spacial score (nSPS) is 29.8. The zero-order valence-corrected chi connectivity index (χ0v) is 14.3. The molecule has 1 aromatic carbocycles. The molecule has 0 saturated heterocycles. The Kier molecular flexibility index (Phi) is 4.76. The van der Waals surface area contributed by atoms with Gasteiger partial charge in [0.25, 0.3) is 0 Å². The van der Waals surface area contributed by atoms with E-state index < -0.39 is 0 Å². The summed E-state index contributed by atoms with van der Waals surface area (Å²) in [5.74, 6) is 0.758. The van der Waals surface area contributed by atoms with E-state index in [1.807, 2.05) is 0 Å². The zero-order valence-electron chi connectivity index (χ0n) is 14.3. The molecule has 0 radical (unpaired) electrons. The lowest BCUT2D eigenvalue weighted by atomic mass is 9.55. The SMILES string of the molecule is C/C=C\C(=C/C)C1(c2ccccc2)CC(C)CC(C)(C)C1. The van der Waals surface area contributed by atoms with E-state index in [0.717, 1.165) is 5.92 Å². The van der Waals surface area contributed by atoms with Crippen LogP contribution in [0, 0.1) is 11.3 Å². The van der Waals surface area contributed by atoms with E-state index in [1.165, 1.54) is 30.4 Å². The maximum Gasteiger partial charge on any atom is 0.0207 e. The second kappa shape index (κ2) is 6.22. The van der Waals surface area contributed by atoms with Gasteiger partial charge in [-0.05, 0) is 55.6 Å². The van der Waals surface area contributed by atoms with Crippen molar-refractivity contribution in [3.63, 3.8) is 0 Å². The molecular formula is C21H30. The first-order chi connectivity index (χ1) is 9.93. The molecule has 114 valence electrons. The molecule has 1 fully saturated rings. The summed E-state index contributed by atoms with van der Waals surface area (Å²) in [6, 6.07) is 11.1. The van der Waals surface area contributed by atoms with Crippen molar-refractivity contribution in [2.75, 3.05) is 0 Å². The minimum Gasteiger partial charge on any atom is -0.0874 e. The highest BCUT2D eigenvalue weighted by Gasteiger charge is 2.45. The second-order valence-corrected chi connectivity index (χ2v) is 7.55. The summed E-state index contributed by atoms with van der Waals surface area (Å²) < 4.78 is 0. The number of allylic oxidation sites excluding steroid dienone is 4. The lowest BCUT2D eigenvalue weighted by molar-refractivity contribution is 0.126. The van der Waals surface area contributed by atoms with Crippen LogP contribution < -0.4 is 0 Å². The van der Waals surface area contributed by atoms with Crippen molar-refractivity contribution in [1.82, 2.24) is 0 Å². The van der Waals surface area contributed by atoms with Gasteiger partial charge < -0.3 is 0 Å². The molecule has 1 aliphatic carbocycles. The molecule has 2 unspecified atom stereocenters. The Labute approximate surface area is 131 Å². The van der Waals surface area contributed by atoms with Crippen LogP contribution in [0.15, 0.2) is 54.1 Å². The molecule has 0 heterocycles. The molecule has 2 atom stereocenters. The molecule has 1 aliphatic rings. The molecule has 0 aliphatic heterocycles. The van der Waals surface area contributed by atoms with Crippen LogP contribution in [0.3, 0.4) is 0 Å². The van der Waals surface area contributed by atoms with Crippen molar-refractivity contribution in [2.24, 2.45) is 11.3 Å². The molecule has 0 N–H and O–H groups in total. The van der Waals surface area contributed by atoms with Crippen LogP contribution in [0.25, 0.3) is 0 Å². The van der Waals surface area contributed by atoms with Crippen LogP contribution in [0.5, 0.6) is 0 Å². The average Bonchev–Trinajstić information content (AvgIpc) is 2.43. The summed E-state index contributed by atoms with van der Waals surface area (Å²) in [5, 5.41) is 0. The fourth-order valence-corrected chi connectivity index (χ4v) is 4.65. The minimum absolute atomic E-state index is 0.170. The second-order valence-electron chi connectivity index (χ2n) is 7.55. The van der Waals surface area contributed by atoms with Crippen molar-refractivity contribution < 1.29 is 0 Å². The van der Waals surface area contributed by atoms with Crippen LogP contribution in [0.2, 0.25) is 0 Å². The van der Waals surface area contributed by atoms with Crippen molar-refractivity contribution in [3.8, 4) is 0 Å². The van der Waals surface area contributed by atoms with E-state index in [-0.39, 0.29) is 5.41 Å². The predicted octanol–water partition coefficient (Wildman–Crippen LogP) is 6.29. The molecule has 1 saturated carbocycles. The smallest absolute Gasteiger partial charge is 0.0207 e. The number of hydrogen-bond acceptors (Lipinski definition) is 0. The molecule has 0 bridgehead atoms. The molecule has 2 rings (SSSR count). The number of benzene rings is 1. The highest BCUT2D eigenvalue weighted by Crippen LogP contribution is 2.53. The van der Waals surface area contributed by atoms with E-state index in [9.17, 15) is 0 Å². The molecule has 0 nitrogen and oxygen atoms in total. The summed E-state index contributed by atoms with van der Waals surface area (Å²) >= 11 is 0. The fourth-order valence-electron chi connectivity index (χ4n) is 4.65. The lowest BCUT2D eigenvalue weighted by Gasteiger charge is -2.49. The van der Waals surface area contributed by atoms with Gasteiger partial charge in [0.2, 0.25) is 0 Å². The van der Waals surface area contributed by atoms with Crippen molar-refractivity contribution in [1.29, 1.82) is 0 Å². The monoisotopic (exact) mass is 282 g/mol. The predicted molar refractivity (Wildman–Crippen MR) is 93.5 cm³/mol. The molecular weight excluding hydrogens is 252 g/mol. The van der Waals surface area contributed by atoms with E-state index in [1.54, 1.807) is 0 Å². The molecule has 0 amide bonds. The van der Waals surface area contributed by atoms with E-state index in [2.05, 4.69) is 83.2 Å². The average molecular weight is 282 g/mol. The van der Waals surface area contributed by atoms with E-state index >= 15 is 0 Å². The first-order valence-corrected chi connectivity index (χ1v) is 8.28. The Morgan fingerprint density at radius 3 is 2.29 bits per heavy atom. The van der Waals surface area contributed by atoms with Gasteiger partial charge in [-0.15, -0.1) is 0 Å². The highest BCUT2D eigenvalue weighted by atomic mass is 14.5. The summed E-state index contributed by atoms with van der Waals surface area (Å²) in [5.41, 5.74) is 3.53. The van der Waals surface area contributed by atoms with E-state index in [0.29, 0.717) is 5.41 Å². The van der Waals surface area contributed by atoms with Gasteiger partial charge in [0.15, 0.2) is 0 Å². The Bertz CT molecular complexity index is 518. The Balaban J connectivity index is 2.59. The fraction of sp³-hybridized carbons (Fsp3) is 0.524. The van der Waals surface area contributed by atoms with Crippen LogP contribution >= 0.6 is 0 Å². The standard InChI is InChI=1S/C21H30/c1-6-11-18(7-2)21(19-12-9-8-10-13-19)15-17(3)14-20(4,5)16-21/h6-13,17H,14-16H2,1-5H3/b11-6-,18-7+. The maximum absolute atomic E-state index is 2.43. The van der Waals surface area contributed by atoms with E-state index in [4.69, 9.17) is 0 Å². The van der Waals surface area contributed by atoms with Crippen molar-refractivity contribution in [3.05, 3.63) is 59.7 Å². The van der Waals surface area contributed by atoms with Crippen LogP contribution in [0.1, 0.15) is 59.4 Å².